The second-order valence-electron chi connectivity index (χ2n) is 12.0. The van der Waals surface area contributed by atoms with Crippen LogP contribution < -0.4 is 15.4 Å². The topological polar surface area (TPSA) is 92.6 Å². The summed E-state index contributed by atoms with van der Waals surface area (Å²) >= 11 is 1.66. The molecule has 3 aromatic carbocycles. The van der Waals surface area contributed by atoms with Crippen molar-refractivity contribution in [1.29, 1.82) is 0 Å². The summed E-state index contributed by atoms with van der Waals surface area (Å²) in [7, 11) is 0. The van der Waals surface area contributed by atoms with Gasteiger partial charge in [-0.25, -0.2) is 9.98 Å². The maximum atomic E-state index is 13.0. The van der Waals surface area contributed by atoms with Crippen LogP contribution in [0.25, 0.3) is 0 Å². The van der Waals surface area contributed by atoms with Gasteiger partial charge in [0.1, 0.15) is 17.9 Å². The number of amidine groups is 2. The van der Waals surface area contributed by atoms with E-state index in [1.165, 1.54) is 41.7 Å². The fraction of sp³-hybridized carbons (Fsp3) is 0.389. The molecule has 0 saturated carbocycles. The summed E-state index contributed by atoms with van der Waals surface area (Å²) in [5, 5.41) is 0.794. The molecule has 11 heteroatoms. The van der Waals surface area contributed by atoms with E-state index in [4.69, 9.17) is 5.73 Å². The second kappa shape index (κ2) is 16.1. The van der Waals surface area contributed by atoms with E-state index in [1.54, 1.807) is 11.8 Å². The molecule has 0 radical (unpaired) electrons. The molecule has 0 bridgehead atoms. The molecule has 4 rings (SSSR count). The Morgan fingerprint density at radius 2 is 1.79 bits per heavy atom. The zero-order valence-corrected chi connectivity index (χ0v) is 28.2. The molecule has 1 saturated heterocycles. The van der Waals surface area contributed by atoms with Crippen LogP contribution in [0.15, 0.2) is 81.7 Å². The monoisotopic (exact) mass is 665 g/mol. The Hall–Kier alpha value is -4.12. The van der Waals surface area contributed by atoms with Crippen molar-refractivity contribution in [3.8, 4) is 5.75 Å². The van der Waals surface area contributed by atoms with Crippen LogP contribution in [-0.4, -0.2) is 41.4 Å². The molecule has 1 aliphatic rings. The average molecular weight is 666 g/mol. The first-order valence-electron chi connectivity index (χ1n) is 15.8. The summed E-state index contributed by atoms with van der Waals surface area (Å²) in [6.45, 7) is 10.9. The van der Waals surface area contributed by atoms with E-state index in [9.17, 15) is 18.0 Å². The summed E-state index contributed by atoms with van der Waals surface area (Å²) in [6, 6.07) is 19.5. The number of anilines is 1. The van der Waals surface area contributed by atoms with E-state index in [0.29, 0.717) is 23.6 Å². The number of aliphatic imine (C=N–C) groups is 3. The van der Waals surface area contributed by atoms with Crippen LogP contribution in [0.5, 0.6) is 5.75 Å². The van der Waals surface area contributed by atoms with Crippen molar-refractivity contribution in [2.24, 2.45) is 20.7 Å². The Bertz CT molecular complexity index is 1600. The van der Waals surface area contributed by atoms with Gasteiger partial charge < -0.3 is 15.4 Å². The maximum Gasteiger partial charge on any atom is 0.573 e. The second-order valence-corrected chi connectivity index (χ2v) is 13.1. The van der Waals surface area contributed by atoms with Gasteiger partial charge in [0.2, 0.25) is 5.91 Å². The first-order chi connectivity index (χ1) is 22.3. The molecule has 0 aliphatic carbocycles. The quantitative estimate of drug-likeness (QED) is 0.163. The number of nitrogens with zero attached hydrogens (tertiary/aromatic N) is 4. The van der Waals surface area contributed by atoms with Crippen molar-refractivity contribution in [3.05, 3.63) is 89.0 Å². The zero-order chi connectivity index (χ0) is 34.1. The number of amides is 1. The van der Waals surface area contributed by atoms with Crippen molar-refractivity contribution in [2.75, 3.05) is 10.7 Å². The SMILES string of the molecule is Cc1cccc(N2C(=NC(=O)CCCC(C)c3ccc(C(N)=NC=Nc4ccc(OC(F)(F)F)cc4)cc3)SCCC2C)c1C(C)C. The Balaban J connectivity index is 1.31. The molecule has 2 N–H and O–H groups in total. The minimum Gasteiger partial charge on any atom is -0.406 e. The molecule has 2 unspecified atom stereocenters. The lowest BCUT2D eigenvalue weighted by Gasteiger charge is -2.37. The van der Waals surface area contributed by atoms with Crippen LogP contribution in [-0.2, 0) is 4.79 Å². The highest BCUT2D eigenvalue weighted by Crippen LogP contribution is 2.36. The Morgan fingerprint density at radius 3 is 2.45 bits per heavy atom. The molecule has 7 nitrogen and oxygen atoms in total. The smallest absolute Gasteiger partial charge is 0.406 e. The van der Waals surface area contributed by atoms with Crippen LogP contribution in [0.1, 0.15) is 87.5 Å². The van der Waals surface area contributed by atoms with E-state index < -0.39 is 6.36 Å². The highest BCUT2D eigenvalue weighted by Gasteiger charge is 2.31. The van der Waals surface area contributed by atoms with Crippen LogP contribution in [0.4, 0.5) is 24.5 Å². The highest BCUT2D eigenvalue weighted by atomic mass is 32.2. The van der Waals surface area contributed by atoms with Crippen molar-refractivity contribution in [3.63, 3.8) is 0 Å². The standard InChI is InChI=1S/C36H42F3N5O2S/c1-23(2)33-25(4)9-6-10-31(33)44-26(5)20-21-47-35(44)43-32(45)11-7-8-24(3)27-12-14-28(15-13-27)34(40)42-22-41-29-16-18-30(19-17-29)46-36(37,38)39/h6,9-10,12-19,22-24,26H,7-8,11,20-21H2,1-5H3,(H2,40,41,42). The minimum absolute atomic E-state index is 0.0934. The fourth-order valence-electron chi connectivity index (χ4n) is 5.60. The van der Waals surface area contributed by atoms with Gasteiger partial charge >= 0.3 is 6.36 Å². The van der Waals surface area contributed by atoms with E-state index in [2.05, 4.69) is 77.4 Å². The number of hydrogen-bond acceptors (Lipinski definition) is 4. The van der Waals surface area contributed by atoms with E-state index in [-0.39, 0.29) is 29.5 Å². The molecule has 1 heterocycles. The van der Waals surface area contributed by atoms with Gasteiger partial charge in [-0.2, -0.15) is 4.99 Å². The first-order valence-corrected chi connectivity index (χ1v) is 16.8. The number of carbonyl (C=O) groups excluding carboxylic acids is 1. The predicted octanol–water partition coefficient (Wildman–Crippen LogP) is 9.27. The maximum absolute atomic E-state index is 13.0. The predicted molar refractivity (Wildman–Crippen MR) is 187 cm³/mol. The lowest BCUT2D eigenvalue weighted by Crippen LogP contribution is -2.42. The molecule has 250 valence electrons. The lowest BCUT2D eigenvalue weighted by atomic mass is 9.94. The van der Waals surface area contributed by atoms with E-state index in [1.807, 2.05) is 24.3 Å². The zero-order valence-electron chi connectivity index (χ0n) is 27.4. The summed E-state index contributed by atoms with van der Waals surface area (Å²) < 4.78 is 40.8. The van der Waals surface area contributed by atoms with Gasteiger partial charge in [0.05, 0.1) is 5.69 Å². The molecular formula is C36H42F3N5O2S. The highest BCUT2D eigenvalue weighted by molar-refractivity contribution is 8.14. The average Bonchev–Trinajstić information content (AvgIpc) is 3.01. The third kappa shape index (κ3) is 10.2. The Kier molecular flexibility index (Phi) is 12.3. The third-order valence-electron chi connectivity index (χ3n) is 8.05. The summed E-state index contributed by atoms with van der Waals surface area (Å²) in [5.41, 5.74) is 12.1. The molecule has 0 spiro atoms. The van der Waals surface area contributed by atoms with Crippen LogP contribution in [0.3, 0.4) is 0 Å². The van der Waals surface area contributed by atoms with Crippen molar-refractivity contribution >= 4 is 46.4 Å². The van der Waals surface area contributed by atoms with Gasteiger partial charge in [0.25, 0.3) is 0 Å². The third-order valence-corrected chi connectivity index (χ3v) is 9.04. The van der Waals surface area contributed by atoms with Crippen LogP contribution in [0.2, 0.25) is 0 Å². The van der Waals surface area contributed by atoms with Crippen LogP contribution in [0, 0.1) is 6.92 Å². The number of aryl methyl sites for hydroxylation is 1. The van der Waals surface area contributed by atoms with Crippen molar-refractivity contribution in [1.82, 2.24) is 0 Å². The van der Waals surface area contributed by atoms with Gasteiger partial charge in [-0.1, -0.05) is 68.9 Å². The van der Waals surface area contributed by atoms with Gasteiger partial charge in [0.15, 0.2) is 5.17 Å². The number of thioether (sulfide) groups is 1. The molecule has 1 amide bonds. The van der Waals surface area contributed by atoms with Crippen molar-refractivity contribution in [2.45, 2.75) is 84.5 Å². The Morgan fingerprint density at radius 1 is 1.09 bits per heavy atom. The number of nitrogens with two attached hydrogens (primary N) is 1. The largest absolute Gasteiger partial charge is 0.573 e. The molecule has 2 atom stereocenters. The summed E-state index contributed by atoms with van der Waals surface area (Å²) in [4.78, 5) is 28.2. The Labute approximate surface area is 279 Å². The minimum atomic E-state index is -4.75. The van der Waals surface area contributed by atoms with Gasteiger partial charge in [-0.3, -0.25) is 4.79 Å². The lowest BCUT2D eigenvalue weighted by molar-refractivity contribution is -0.274. The summed E-state index contributed by atoms with van der Waals surface area (Å²) in [6.07, 6.45) is -0.516. The molecule has 47 heavy (non-hydrogen) atoms. The molecule has 1 aliphatic heterocycles. The number of carbonyl (C=O) groups is 1. The summed E-state index contributed by atoms with van der Waals surface area (Å²) in [5.74, 6) is 1.37. The number of alkyl halides is 3. The van der Waals surface area contributed by atoms with E-state index >= 15 is 0 Å². The van der Waals surface area contributed by atoms with E-state index in [0.717, 1.165) is 41.4 Å². The van der Waals surface area contributed by atoms with Crippen molar-refractivity contribution < 1.29 is 22.7 Å². The number of halogens is 3. The van der Waals surface area contributed by atoms with Gasteiger partial charge in [0, 0.05) is 29.5 Å². The molecule has 1 fully saturated rings. The number of hydrogen-bond donors (Lipinski definition) is 1. The molecule has 3 aromatic rings. The van der Waals surface area contributed by atoms with Gasteiger partial charge in [-0.15, -0.1) is 13.2 Å². The van der Waals surface area contributed by atoms with Crippen LogP contribution >= 0.6 is 11.8 Å². The number of rotatable bonds is 11. The van der Waals surface area contributed by atoms with Gasteiger partial charge in [-0.05, 0) is 92.0 Å². The number of ether oxygens (including phenoxy) is 1. The molecule has 0 aromatic heterocycles. The molecular weight excluding hydrogens is 623 g/mol. The fourth-order valence-corrected chi connectivity index (χ4v) is 6.82. The first kappa shape index (κ1) is 35.7. The normalized spacial score (nSPS) is 17.5. The number of benzene rings is 3.